The summed E-state index contributed by atoms with van der Waals surface area (Å²) in [7, 11) is 3.15. The van der Waals surface area contributed by atoms with Crippen LogP contribution in [0.1, 0.15) is 48.1 Å². The highest BCUT2D eigenvalue weighted by Crippen LogP contribution is 2.28. The van der Waals surface area contributed by atoms with Gasteiger partial charge in [-0.05, 0) is 42.3 Å². The van der Waals surface area contributed by atoms with E-state index >= 15 is 0 Å². The van der Waals surface area contributed by atoms with Gasteiger partial charge in [0.2, 0.25) is 5.91 Å². The molecule has 0 spiro atoms. The van der Waals surface area contributed by atoms with Crippen molar-refractivity contribution in [3.8, 4) is 11.5 Å². The van der Waals surface area contributed by atoms with Crippen LogP contribution in [0.4, 0.5) is 10.5 Å². The second-order valence-corrected chi connectivity index (χ2v) is 10.7. The molecule has 1 aliphatic carbocycles. The summed E-state index contributed by atoms with van der Waals surface area (Å²) in [4.78, 5) is 32.3. The van der Waals surface area contributed by atoms with Crippen LogP contribution in [0.3, 0.4) is 0 Å². The lowest BCUT2D eigenvalue weighted by molar-refractivity contribution is -0.133. The molecular weight excluding hydrogens is 498 g/mol. The Balaban J connectivity index is 1.56. The molecule has 1 aliphatic rings. The van der Waals surface area contributed by atoms with Gasteiger partial charge in [-0.3, -0.25) is 4.79 Å². The average molecular weight is 536 g/mol. The lowest BCUT2D eigenvalue weighted by Gasteiger charge is -2.35. The normalized spacial score (nSPS) is 13.6. The topological polar surface area (TPSA) is 71.1 Å². The molecule has 1 fully saturated rings. The fourth-order valence-corrected chi connectivity index (χ4v) is 5.78. The van der Waals surface area contributed by atoms with Crippen molar-refractivity contribution < 1.29 is 19.1 Å². The highest BCUT2D eigenvalue weighted by molar-refractivity contribution is 7.10. The maximum atomic E-state index is 13.9. The van der Waals surface area contributed by atoms with Crippen molar-refractivity contribution in [3.63, 3.8) is 0 Å². The third-order valence-corrected chi connectivity index (χ3v) is 8.06. The van der Waals surface area contributed by atoms with Crippen LogP contribution >= 0.6 is 11.3 Å². The van der Waals surface area contributed by atoms with E-state index in [1.807, 2.05) is 35.2 Å². The number of nitrogens with one attached hydrogen (secondary N) is 1. The van der Waals surface area contributed by atoms with Crippen molar-refractivity contribution in [1.82, 2.24) is 9.80 Å². The largest absolute Gasteiger partial charge is 0.497 e. The van der Waals surface area contributed by atoms with Gasteiger partial charge in [0.25, 0.3) is 0 Å². The molecule has 38 heavy (non-hydrogen) atoms. The summed E-state index contributed by atoms with van der Waals surface area (Å²) in [6.45, 7) is 3.10. The predicted octanol–water partition coefficient (Wildman–Crippen LogP) is 6.47. The van der Waals surface area contributed by atoms with E-state index in [-0.39, 0.29) is 24.5 Å². The monoisotopic (exact) mass is 535 g/mol. The van der Waals surface area contributed by atoms with Crippen LogP contribution in [0.25, 0.3) is 0 Å². The summed E-state index contributed by atoms with van der Waals surface area (Å²) in [5.41, 5.74) is 2.80. The Morgan fingerprint density at radius 3 is 2.24 bits per heavy atom. The number of rotatable bonds is 10. The second-order valence-electron chi connectivity index (χ2n) is 9.71. The molecule has 4 rings (SSSR count). The molecule has 0 atom stereocenters. The quantitative estimate of drug-likeness (QED) is 0.323. The highest BCUT2D eigenvalue weighted by atomic mass is 32.1. The lowest BCUT2D eigenvalue weighted by Crippen LogP contribution is -2.49. The maximum absolute atomic E-state index is 13.9. The highest BCUT2D eigenvalue weighted by Gasteiger charge is 2.29. The molecule has 0 radical (unpaired) electrons. The van der Waals surface area contributed by atoms with Crippen LogP contribution in [0, 0.1) is 6.92 Å². The SMILES string of the molecule is COc1cc(NC(=O)N(CC(=O)N(Cc2ccccc2)Cc2sccc2C)C2CCCCC2)cc(OC)c1. The molecule has 8 heteroatoms. The van der Waals surface area contributed by atoms with Gasteiger partial charge in [0.05, 0.1) is 20.8 Å². The fraction of sp³-hybridized carbons (Fsp3) is 0.400. The van der Waals surface area contributed by atoms with E-state index in [1.165, 1.54) is 5.56 Å². The third-order valence-electron chi connectivity index (χ3n) is 7.06. The van der Waals surface area contributed by atoms with Crippen molar-refractivity contribution in [2.75, 3.05) is 26.1 Å². The number of methoxy groups -OCH3 is 2. The molecule has 3 aromatic rings. The lowest BCUT2D eigenvalue weighted by atomic mass is 9.94. The molecule has 202 valence electrons. The zero-order valence-corrected chi connectivity index (χ0v) is 23.3. The van der Waals surface area contributed by atoms with Crippen molar-refractivity contribution in [1.29, 1.82) is 0 Å². The summed E-state index contributed by atoms with van der Waals surface area (Å²) in [6, 6.07) is 17.1. The number of benzene rings is 2. The first-order chi connectivity index (χ1) is 18.5. The van der Waals surface area contributed by atoms with Crippen molar-refractivity contribution in [2.24, 2.45) is 0 Å². The van der Waals surface area contributed by atoms with E-state index in [1.54, 1.807) is 48.7 Å². The number of hydrogen-bond acceptors (Lipinski definition) is 5. The number of amides is 3. The van der Waals surface area contributed by atoms with Gasteiger partial charge in [0.1, 0.15) is 18.0 Å². The van der Waals surface area contributed by atoms with Gasteiger partial charge in [-0.15, -0.1) is 11.3 Å². The van der Waals surface area contributed by atoms with Crippen LogP contribution in [-0.4, -0.2) is 48.5 Å². The van der Waals surface area contributed by atoms with E-state index in [2.05, 4.69) is 23.7 Å². The summed E-state index contributed by atoms with van der Waals surface area (Å²) in [6.07, 6.45) is 5.05. The van der Waals surface area contributed by atoms with E-state index in [4.69, 9.17) is 9.47 Å². The van der Waals surface area contributed by atoms with Gasteiger partial charge >= 0.3 is 6.03 Å². The average Bonchev–Trinajstić information content (AvgIpc) is 3.35. The van der Waals surface area contributed by atoms with Crippen LogP contribution in [0.5, 0.6) is 11.5 Å². The summed E-state index contributed by atoms with van der Waals surface area (Å²) >= 11 is 1.66. The second kappa shape index (κ2) is 13.3. The zero-order valence-electron chi connectivity index (χ0n) is 22.4. The van der Waals surface area contributed by atoms with Gasteiger partial charge in [0, 0.05) is 41.4 Å². The Hall–Kier alpha value is -3.52. The minimum absolute atomic E-state index is 0.0160. The first-order valence-electron chi connectivity index (χ1n) is 13.1. The molecule has 1 heterocycles. The minimum atomic E-state index is -0.285. The van der Waals surface area contributed by atoms with Gasteiger partial charge in [-0.1, -0.05) is 49.6 Å². The Morgan fingerprint density at radius 2 is 1.63 bits per heavy atom. The van der Waals surface area contributed by atoms with E-state index in [9.17, 15) is 9.59 Å². The molecule has 1 N–H and O–H groups in total. The molecule has 0 aliphatic heterocycles. The van der Waals surface area contributed by atoms with Crippen LogP contribution in [0.2, 0.25) is 0 Å². The Kier molecular flexibility index (Phi) is 9.65. The minimum Gasteiger partial charge on any atom is -0.497 e. The molecule has 0 saturated heterocycles. The number of hydrogen-bond donors (Lipinski definition) is 1. The first-order valence-corrected chi connectivity index (χ1v) is 14.0. The van der Waals surface area contributed by atoms with Gasteiger partial charge in [-0.25, -0.2) is 4.79 Å². The first kappa shape index (κ1) is 27.5. The molecule has 1 aromatic heterocycles. The van der Waals surface area contributed by atoms with E-state index < -0.39 is 0 Å². The number of carbonyl (C=O) groups excluding carboxylic acids is 2. The molecule has 0 bridgehead atoms. The molecule has 7 nitrogen and oxygen atoms in total. The predicted molar refractivity (Wildman–Crippen MR) is 152 cm³/mol. The van der Waals surface area contributed by atoms with Gasteiger partial charge in [-0.2, -0.15) is 0 Å². The standard InChI is InChI=1S/C30H37N3O4S/c1-22-14-15-38-28(22)20-32(19-23-10-6-4-7-11-23)29(34)21-33(25-12-8-5-9-13-25)30(35)31-24-16-26(36-2)18-27(17-24)37-3/h4,6-7,10-11,14-18,25H,5,8-9,12-13,19-21H2,1-3H3,(H,31,35). The Morgan fingerprint density at radius 1 is 0.947 bits per heavy atom. The van der Waals surface area contributed by atoms with Crippen molar-refractivity contribution in [2.45, 2.75) is 58.2 Å². The Labute approximate surface area is 229 Å². The molecular formula is C30H37N3O4S. The number of anilines is 1. The maximum Gasteiger partial charge on any atom is 0.322 e. The number of urea groups is 1. The van der Waals surface area contributed by atoms with Crippen LogP contribution < -0.4 is 14.8 Å². The summed E-state index contributed by atoms with van der Waals surface area (Å²) in [5.74, 6) is 1.10. The van der Waals surface area contributed by atoms with Crippen LogP contribution in [-0.2, 0) is 17.9 Å². The van der Waals surface area contributed by atoms with Crippen molar-refractivity contribution in [3.05, 3.63) is 76.0 Å². The van der Waals surface area contributed by atoms with E-state index in [0.29, 0.717) is 30.3 Å². The Bertz CT molecular complexity index is 1180. The summed E-state index contributed by atoms with van der Waals surface area (Å²) in [5, 5.41) is 5.05. The number of aryl methyl sites for hydroxylation is 1. The van der Waals surface area contributed by atoms with Gasteiger partial charge in [0.15, 0.2) is 0 Å². The molecule has 1 saturated carbocycles. The van der Waals surface area contributed by atoms with Crippen LogP contribution in [0.15, 0.2) is 60.0 Å². The number of ether oxygens (including phenoxy) is 2. The van der Waals surface area contributed by atoms with Gasteiger partial charge < -0.3 is 24.6 Å². The molecule has 0 unspecified atom stereocenters. The molecule has 3 amide bonds. The smallest absolute Gasteiger partial charge is 0.322 e. The zero-order chi connectivity index (χ0) is 26.9. The van der Waals surface area contributed by atoms with Crippen molar-refractivity contribution >= 4 is 29.0 Å². The fourth-order valence-electron chi connectivity index (χ4n) is 4.86. The number of carbonyl (C=O) groups is 2. The number of nitrogens with zero attached hydrogens (tertiary/aromatic N) is 2. The molecule has 2 aromatic carbocycles. The summed E-state index contributed by atoms with van der Waals surface area (Å²) < 4.78 is 10.7. The number of thiophene rings is 1. The van der Waals surface area contributed by atoms with E-state index in [0.717, 1.165) is 42.5 Å². The third kappa shape index (κ3) is 7.28.